The number of para-hydroxylation sites is 1. The molecule has 0 bridgehead atoms. The molecule has 0 aliphatic carbocycles. The van der Waals surface area contributed by atoms with Crippen LogP contribution in [0.4, 0.5) is 5.69 Å². The number of carbonyl (C=O) groups excluding carboxylic acids is 1. The highest BCUT2D eigenvalue weighted by Gasteiger charge is 2.38. The standard InChI is InChI=1S/C22H20N2O4S/c1-16(25)28-19-13-11-18(12-14-19)22-23-20-9-5-6-10-21(20)29(26,27)24(22)15-17-7-3-2-4-8-17/h2-14,22-23H,15H2,1H3. The van der Waals surface area contributed by atoms with Crippen LogP contribution in [-0.4, -0.2) is 18.7 Å². The van der Waals surface area contributed by atoms with Crippen molar-refractivity contribution in [2.24, 2.45) is 0 Å². The number of sulfonamides is 1. The molecule has 1 atom stereocenters. The predicted octanol–water partition coefficient (Wildman–Crippen LogP) is 3.93. The summed E-state index contributed by atoms with van der Waals surface area (Å²) in [6.45, 7) is 1.56. The van der Waals surface area contributed by atoms with Crippen molar-refractivity contribution >= 4 is 21.7 Å². The Labute approximate surface area is 169 Å². The number of ether oxygens (including phenoxy) is 1. The summed E-state index contributed by atoms with van der Waals surface area (Å²) in [4.78, 5) is 11.4. The van der Waals surface area contributed by atoms with Crippen molar-refractivity contribution in [1.29, 1.82) is 0 Å². The van der Waals surface area contributed by atoms with Gasteiger partial charge in [-0.1, -0.05) is 54.6 Å². The fraction of sp³-hybridized carbons (Fsp3) is 0.136. The zero-order chi connectivity index (χ0) is 20.4. The largest absolute Gasteiger partial charge is 0.427 e. The van der Waals surface area contributed by atoms with Crippen LogP contribution in [0.25, 0.3) is 0 Å². The first kappa shape index (κ1) is 19.2. The summed E-state index contributed by atoms with van der Waals surface area (Å²) in [5.41, 5.74) is 2.19. The van der Waals surface area contributed by atoms with E-state index < -0.39 is 22.2 Å². The lowest BCUT2D eigenvalue weighted by atomic mass is 10.1. The van der Waals surface area contributed by atoms with Gasteiger partial charge < -0.3 is 10.1 Å². The molecular weight excluding hydrogens is 388 g/mol. The van der Waals surface area contributed by atoms with Gasteiger partial charge in [0.15, 0.2) is 0 Å². The van der Waals surface area contributed by atoms with Crippen LogP contribution in [0.15, 0.2) is 83.8 Å². The van der Waals surface area contributed by atoms with Gasteiger partial charge in [0.25, 0.3) is 0 Å². The molecule has 1 heterocycles. The number of fused-ring (bicyclic) bond motifs is 1. The van der Waals surface area contributed by atoms with E-state index in [0.29, 0.717) is 11.4 Å². The zero-order valence-electron chi connectivity index (χ0n) is 15.8. The zero-order valence-corrected chi connectivity index (χ0v) is 16.6. The predicted molar refractivity (Wildman–Crippen MR) is 110 cm³/mol. The highest BCUT2D eigenvalue weighted by atomic mass is 32.2. The number of esters is 1. The molecule has 7 heteroatoms. The molecule has 0 saturated heterocycles. The van der Waals surface area contributed by atoms with Gasteiger partial charge in [0.1, 0.15) is 16.8 Å². The Morgan fingerprint density at radius 1 is 0.966 bits per heavy atom. The van der Waals surface area contributed by atoms with E-state index in [1.165, 1.54) is 11.2 Å². The molecule has 0 amide bonds. The van der Waals surface area contributed by atoms with Crippen molar-refractivity contribution in [2.75, 3.05) is 5.32 Å². The van der Waals surface area contributed by atoms with Gasteiger partial charge in [0.05, 0.1) is 5.69 Å². The van der Waals surface area contributed by atoms with Crippen LogP contribution in [0, 0.1) is 0 Å². The highest BCUT2D eigenvalue weighted by molar-refractivity contribution is 7.89. The maximum Gasteiger partial charge on any atom is 0.308 e. The molecule has 0 saturated carbocycles. The molecule has 1 unspecified atom stereocenters. The molecular formula is C22H20N2O4S. The van der Waals surface area contributed by atoms with E-state index in [0.717, 1.165) is 11.1 Å². The third-order valence-electron chi connectivity index (χ3n) is 4.69. The maximum atomic E-state index is 13.4. The molecule has 3 aromatic rings. The number of hydrogen-bond acceptors (Lipinski definition) is 5. The van der Waals surface area contributed by atoms with Gasteiger partial charge in [-0.05, 0) is 35.4 Å². The van der Waals surface area contributed by atoms with Gasteiger partial charge in [-0.2, -0.15) is 4.31 Å². The lowest BCUT2D eigenvalue weighted by Gasteiger charge is -2.37. The normalized spacial score (nSPS) is 17.8. The third-order valence-corrected chi connectivity index (χ3v) is 6.56. The van der Waals surface area contributed by atoms with Gasteiger partial charge in [0, 0.05) is 13.5 Å². The van der Waals surface area contributed by atoms with Crippen molar-refractivity contribution < 1.29 is 17.9 Å². The monoisotopic (exact) mass is 408 g/mol. The van der Waals surface area contributed by atoms with Crippen LogP contribution < -0.4 is 10.1 Å². The number of nitrogens with zero attached hydrogens (tertiary/aromatic N) is 1. The minimum atomic E-state index is -3.72. The summed E-state index contributed by atoms with van der Waals surface area (Å²) in [6.07, 6.45) is -0.596. The number of benzene rings is 3. The van der Waals surface area contributed by atoms with E-state index in [4.69, 9.17) is 4.74 Å². The van der Waals surface area contributed by atoms with Crippen molar-refractivity contribution in [1.82, 2.24) is 4.31 Å². The molecule has 0 radical (unpaired) electrons. The fourth-order valence-corrected chi connectivity index (χ4v) is 5.05. The molecule has 148 valence electrons. The summed E-state index contributed by atoms with van der Waals surface area (Å²) in [5, 5.41) is 3.34. The smallest absolute Gasteiger partial charge is 0.308 e. The molecule has 3 aromatic carbocycles. The molecule has 0 aromatic heterocycles. The average Bonchev–Trinajstić information content (AvgIpc) is 2.71. The first-order valence-corrected chi connectivity index (χ1v) is 10.6. The average molecular weight is 408 g/mol. The Hall–Kier alpha value is -3.16. The minimum absolute atomic E-state index is 0.223. The second kappa shape index (κ2) is 7.69. The number of carbonyl (C=O) groups is 1. The fourth-order valence-electron chi connectivity index (χ4n) is 3.37. The molecule has 6 nitrogen and oxygen atoms in total. The Bertz CT molecular complexity index is 1130. The number of anilines is 1. The molecule has 1 aliphatic heterocycles. The molecule has 0 fully saturated rings. The third kappa shape index (κ3) is 3.87. The van der Waals surface area contributed by atoms with Gasteiger partial charge >= 0.3 is 5.97 Å². The maximum absolute atomic E-state index is 13.4. The van der Waals surface area contributed by atoms with Gasteiger partial charge in [0.2, 0.25) is 10.0 Å². The Morgan fingerprint density at radius 2 is 1.62 bits per heavy atom. The van der Waals surface area contributed by atoms with Crippen LogP contribution in [-0.2, 0) is 21.4 Å². The van der Waals surface area contributed by atoms with Crippen LogP contribution in [0.5, 0.6) is 5.75 Å². The Kier molecular flexibility index (Phi) is 5.08. The van der Waals surface area contributed by atoms with Gasteiger partial charge in [-0.25, -0.2) is 8.42 Å². The van der Waals surface area contributed by atoms with Crippen LogP contribution in [0.2, 0.25) is 0 Å². The summed E-state index contributed by atoms with van der Waals surface area (Å²) in [7, 11) is -3.72. The van der Waals surface area contributed by atoms with Crippen molar-refractivity contribution in [3.63, 3.8) is 0 Å². The lowest BCUT2D eigenvalue weighted by Crippen LogP contribution is -2.42. The minimum Gasteiger partial charge on any atom is -0.427 e. The molecule has 4 rings (SSSR count). The van der Waals surface area contributed by atoms with Crippen molar-refractivity contribution in [3.8, 4) is 5.75 Å². The second-order valence-corrected chi connectivity index (χ2v) is 8.60. The van der Waals surface area contributed by atoms with E-state index in [2.05, 4.69) is 5.32 Å². The molecule has 0 spiro atoms. The Balaban J connectivity index is 1.76. The Morgan fingerprint density at radius 3 is 2.31 bits per heavy atom. The molecule has 29 heavy (non-hydrogen) atoms. The summed E-state index contributed by atoms with van der Waals surface area (Å²) in [5.74, 6) is 0.00526. The quantitative estimate of drug-likeness (QED) is 0.523. The van der Waals surface area contributed by atoms with Gasteiger partial charge in [-0.3, -0.25) is 4.79 Å². The van der Waals surface area contributed by atoms with E-state index >= 15 is 0 Å². The van der Waals surface area contributed by atoms with Crippen LogP contribution in [0.3, 0.4) is 0 Å². The number of rotatable bonds is 4. The van der Waals surface area contributed by atoms with E-state index in [1.54, 1.807) is 48.5 Å². The number of hydrogen-bond donors (Lipinski definition) is 1. The summed E-state index contributed by atoms with van der Waals surface area (Å²) < 4.78 is 33.4. The molecule has 1 aliphatic rings. The topological polar surface area (TPSA) is 75.7 Å². The first-order valence-electron chi connectivity index (χ1n) is 9.15. The van der Waals surface area contributed by atoms with Crippen LogP contribution >= 0.6 is 0 Å². The summed E-state index contributed by atoms with van der Waals surface area (Å²) >= 11 is 0. The van der Waals surface area contributed by atoms with E-state index in [1.807, 2.05) is 30.3 Å². The highest BCUT2D eigenvalue weighted by Crippen LogP contribution is 2.39. The molecule has 1 N–H and O–H groups in total. The second-order valence-electron chi connectivity index (χ2n) is 6.74. The van der Waals surface area contributed by atoms with Crippen molar-refractivity contribution in [3.05, 3.63) is 90.0 Å². The van der Waals surface area contributed by atoms with Gasteiger partial charge in [-0.15, -0.1) is 0 Å². The van der Waals surface area contributed by atoms with E-state index in [-0.39, 0.29) is 11.4 Å². The lowest BCUT2D eigenvalue weighted by molar-refractivity contribution is -0.131. The number of nitrogens with one attached hydrogen (secondary N) is 1. The summed E-state index contributed by atoms with van der Waals surface area (Å²) in [6, 6.07) is 23.2. The van der Waals surface area contributed by atoms with E-state index in [9.17, 15) is 13.2 Å². The van der Waals surface area contributed by atoms with Crippen LogP contribution in [0.1, 0.15) is 24.2 Å². The first-order chi connectivity index (χ1) is 13.9. The SMILES string of the molecule is CC(=O)Oc1ccc(C2Nc3ccccc3S(=O)(=O)N2Cc2ccccc2)cc1. The van der Waals surface area contributed by atoms with Crippen molar-refractivity contribution in [2.45, 2.75) is 24.5 Å².